The monoisotopic (exact) mass is 329 g/mol. The second-order valence-electron chi connectivity index (χ2n) is 4.03. The topological polar surface area (TPSA) is 65.4 Å². The van der Waals surface area contributed by atoms with Gasteiger partial charge in [0.25, 0.3) is 15.5 Å². The van der Waals surface area contributed by atoms with Crippen molar-refractivity contribution in [2.24, 2.45) is 0 Å². The fourth-order valence-electron chi connectivity index (χ4n) is 1.47. The van der Waals surface area contributed by atoms with Crippen LogP contribution in [-0.2, 0) is 20.3 Å². The van der Waals surface area contributed by atoms with Gasteiger partial charge in [-0.3, -0.25) is 0 Å². The van der Waals surface area contributed by atoms with Crippen LogP contribution in [0.1, 0.15) is 30.3 Å². The van der Waals surface area contributed by atoms with Crippen LogP contribution in [0.15, 0.2) is 17.2 Å². The van der Waals surface area contributed by atoms with E-state index < -0.39 is 32.9 Å². The van der Waals surface area contributed by atoms with Crippen LogP contribution in [0.25, 0.3) is 0 Å². The summed E-state index contributed by atoms with van der Waals surface area (Å²) < 4.78 is 52.9. The largest absolute Gasteiger partial charge is 0.461 e. The van der Waals surface area contributed by atoms with Gasteiger partial charge < -0.3 is 9.30 Å². The molecule has 0 aliphatic heterocycles. The van der Waals surface area contributed by atoms with Gasteiger partial charge in [-0.15, -0.1) is 0 Å². The molecule has 0 aliphatic carbocycles. The maximum Gasteiger partial charge on any atom is 0.354 e. The fourth-order valence-corrected chi connectivity index (χ4v) is 2.23. The quantitative estimate of drug-likeness (QED) is 0.438. The smallest absolute Gasteiger partial charge is 0.354 e. The fraction of sp³-hybridized carbons (Fsp3) is 0.545. The van der Waals surface area contributed by atoms with Gasteiger partial charge in [-0.2, -0.15) is 0 Å². The van der Waals surface area contributed by atoms with Gasteiger partial charge in [-0.25, -0.2) is 22.0 Å². The predicted octanol–water partition coefficient (Wildman–Crippen LogP) is 2.64. The van der Waals surface area contributed by atoms with Crippen molar-refractivity contribution in [1.29, 1.82) is 0 Å². The second-order valence-corrected chi connectivity index (χ2v) is 6.60. The van der Waals surface area contributed by atoms with Crippen LogP contribution in [0, 0.1) is 0 Å². The standard InChI is InChI=1S/C11H14ClF2NO4S/c1-2-3-4-19-11(16)9-5-8(20(12,17)18)6-15(9)7-10(13)14/h5-6,10H,2-4,7H2,1H3. The molecule has 0 aliphatic rings. The summed E-state index contributed by atoms with van der Waals surface area (Å²) >= 11 is 0. The summed E-state index contributed by atoms with van der Waals surface area (Å²) in [6, 6.07) is 0.930. The zero-order valence-electron chi connectivity index (χ0n) is 10.7. The Bertz CT molecular complexity index is 571. The molecule has 0 saturated carbocycles. The zero-order chi connectivity index (χ0) is 15.3. The molecule has 0 unspecified atom stereocenters. The molecule has 5 nitrogen and oxygen atoms in total. The molecule has 0 N–H and O–H groups in total. The molecule has 1 heterocycles. The number of halogens is 3. The average Bonchev–Trinajstić information content (AvgIpc) is 2.72. The number of carbonyl (C=O) groups excluding carboxylic acids is 1. The summed E-state index contributed by atoms with van der Waals surface area (Å²) in [7, 11) is 1.03. The van der Waals surface area contributed by atoms with Crippen molar-refractivity contribution in [2.75, 3.05) is 6.61 Å². The zero-order valence-corrected chi connectivity index (χ0v) is 12.3. The van der Waals surface area contributed by atoms with Gasteiger partial charge in [0.1, 0.15) is 10.6 Å². The minimum Gasteiger partial charge on any atom is -0.461 e. The Morgan fingerprint density at radius 2 is 2.15 bits per heavy atom. The molecule has 9 heteroatoms. The van der Waals surface area contributed by atoms with E-state index >= 15 is 0 Å². The number of esters is 1. The lowest BCUT2D eigenvalue weighted by atomic mass is 10.3. The van der Waals surface area contributed by atoms with Crippen LogP contribution in [0.2, 0.25) is 0 Å². The minimum absolute atomic E-state index is 0.137. The summed E-state index contributed by atoms with van der Waals surface area (Å²) in [5.41, 5.74) is -0.263. The minimum atomic E-state index is -4.10. The number of alkyl halides is 2. The van der Waals surface area contributed by atoms with Crippen molar-refractivity contribution >= 4 is 25.7 Å². The number of rotatable bonds is 7. The lowest BCUT2D eigenvalue weighted by Crippen LogP contribution is -2.15. The third-order valence-electron chi connectivity index (χ3n) is 2.43. The average molecular weight is 330 g/mol. The Morgan fingerprint density at radius 1 is 1.50 bits per heavy atom. The van der Waals surface area contributed by atoms with Crippen LogP contribution < -0.4 is 0 Å². The number of aromatic nitrogens is 1. The van der Waals surface area contributed by atoms with E-state index in [0.717, 1.165) is 23.3 Å². The molecule has 0 saturated heterocycles. The van der Waals surface area contributed by atoms with Crippen LogP contribution >= 0.6 is 10.7 Å². The van der Waals surface area contributed by atoms with Crippen molar-refractivity contribution in [3.05, 3.63) is 18.0 Å². The summed E-state index contributed by atoms with van der Waals surface area (Å²) in [6.07, 6.45) is -0.421. The lowest BCUT2D eigenvalue weighted by Gasteiger charge is -2.08. The third kappa shape index (κ3) is 4.75. The number of carbonyl (C=O) groups is 1. The van der Waals surface area contributed by atoms with Gasteiger partial charge in [0.2, 0.25) is 0 Å². The normalized spacial score (nSPS) is 11.8. The van der Waals surface area contributed by atoms with E-state index in [0.29, 0.717) is 6.42 Å². The van der Waals surface area contributed by atoms with Crippen molar-refractivity contribution in [1.82, 2.24) is 4.57 Å². The van der Waals surface area contributed by atoms with Gasteiger partial charge in [-0.05, 0) is 12.5 Å². The van der Waals surface area contributed by atoms with Crippen LogP contribution in [0.3, 0.4) is 0 Å². The predicted molar refractivity (Wildman–Crippen MR) is 68.7 cm³/mol. The maximum atomic E-state index is 12.4. The van der Waals surface area contributed by atoms with Crippen molar-refractivity contribution in [3.63, 3.8) is 0 Å². The molecule has 0 atom stereocenters. The van der Waals surface area contributed by atoms with E-state index in [2.05, 4.69) is 0 Å². The van der Waals surface area contributed by atoms with Crippen molar-refractivity contribution in [3.8, 4) is 0 Å². The first-order chi connectivity index (χ1) is 9.25. The van der Waals surface area contributed by atoms with Gasteiger partial charge in [0.05, 0.1) is 13.2 Å². The number of unbranched alkanes of at least 4 members (excludes halogenated alkanes) is 1. The van der Waals surface area contributed by atoms with Crippen molar-refractivity contribution < 1.29 is 26.7 Å². The van der Waals surface area contributed by atoms with Crippen LogP contribution in [-0.4, -0.2) is 32.0 Å². The Kier molecular flexibility index (Phi) is 5.94. The van der Waals surface area contributed by atoms with Gasteiger partial charge in [-0.1, -0.05) is 13.3 Å². The second kappa shape index (κ2) is 7.03. The number of hydrogen-bond donors (Lipinski definition) is 0. The highest BCUT2D eigenvalue weighted by Gasteiger charge is 2.22. The van der Waals surface area contributed by atoms with Crippen molar-refractivity contribution in [2.45, 2.75) is 37.6 Å². The highest BCUT2D eigenvalue weighted by molar-refractivity contribution is 8.13. The van der Waals surface area contributed by atoms with Crippen LogP contribution in [0.4, 0.5) is 8.78 Å². The van der Waals surface area contributed by atoms with E-state index in [1.54, 1.807) is 0 Å². The molecule has 0 spiro atoms. The van der Waals surface area contributed by atoms with Gasteiger partial charge >= 0.3 is 5.97 Å². The molecule has 114 valence electrons. The Balaban J connectivity index is 3.02. The highest BCUT2D eigenvalue weighted by atomic mass is 35.7. The SMILES string of the molecule is CCCCOC(=O)c1cc(S(=O)(=O)Cl)cn1CC(F)F. The summed E-state index contributed by atoms with van der Waals surface area (Å²) in [5.74, 6) is -0.856. The molecule has 0 fully saturated rings. The summed E-state index contributed by atoms with van der Waals surface area (Å²) in [6.45, 7) is 1.22. The molecular weight excluding hydrogens is 316 g/mol. The van der Waals surface area contributed by atoms with E-state index in [1.165, 1.54) is 0 Å². The van der Waals surface area contributed by atoms with Gasteiger partial charge in [0, 0.05) is 16.9 Å². The first-order valence-corrected chi connectivity index (χ1v) is 8.16. The number of ether oxygens (including phenoxy) is 1. The first-order valence-electron chi connectivity index (χ1n) is 5.85. The lowest BCUT2D eigenvalue weighted by molar-refractivity contribution is 0.0480. The number of hydrogen-bond acceptors (Lipinski definition) is 4. The summed E-state index contributed by atoms with van der Waals surface area (Å²) in [5, 5.41) is 0. The molecule has 0 aromatic carbocycles. The maximum absolute atomic E-state index is 12.4. The van der Waals surface area contributed by atoms with Gasteiger partial charge in [0.15, 0.2) is 0 Å². The molecule has 1 rings (SSSR count). The first kappa shape index (κ1) is 16.9. The molecule has 1 aromatic rings. The summed E-state index contributed by atoms with van der Waals surface area (Å²) in [4.78, 5) is 11.3. The highest BCUT2D eigenvalue weighted by Crippen LogP contribution is 2.20. The van der Waals surface area contributed by atoms with Crippen LogP contribution in [0.5, 0.6) is 0 Å². The molecule has 1 aromatic heterocycles. The molecular formula is C11H14ClF2NO4S. The number of nitrogens with zero attached hydrogens (tertiary/aromatic N) is 1. The molecule has 0 bridgehead atoms. The third-order valence-corrected chi connectivity index (χ3v) is 3.75. The Morgan fingerprint density at radius 3 is 2.65 bits per heavy atom. The van der Waals surface area contributed by atoms with E-state index in [-0.39, 0.29) is 12.3 Å². The van der Waals surface area contributed by atoms with E-state index in [1.807, 2.05) is 6.92 Å². The molecule has 20 heavy (non-hydrogen) atoms. The Hall–Kier alpha value is -1.15. The van der Waals surface area contributed by atoms with E-state index in [9.17, 15) is 22.0 Å². The van der Waals surface area contributed by atoms with E-state index in [4.69, 9.17) is 15.4 Å². The Labute approximate surface area is 119 Å². The molecule has 0 amide bonds. The molecule has 0 radical (unpaired) electrons.